The van der Waals surface area contributed by atoms with Gasteiger partial charge in [0.05, 0.1) is 29.3 Å². The Labute approximate surface area is 326 Å². The van der Waals surface area contributed by atoms with E-state index in [0.29, 0.717) is 17.2 Å². The Balaban J connectivity index is -0.000000233. The summed E-state index contributed by atoms with van der Waals surface area (Å²) >= 11 is 0. The molecule has 0 heterocycles. The molecule has 4 aliphatic rings. The molecule has 2 bridgehead atoms. The standard InChI is InChI=1S/C23H32OP2.C7H8.C5H10.4CH3.BF3.FH.Fe.Rh/c1-18(21-16-11-17-22(21)26(24)23(2,3)4)25(19-12-7-5-8-13-19)20-14-9-6-10-15-20;1-2-7-4-3-6(1)5-7;1-2-4-5-3-1;;;;;2-1(3)4;;;/h5-10,12-15,18,21-22,24H,11,16-17H2,1-4H3;1-4,6-7H,5H2;1-5H2;4*1H3;;1H;;/q;;;4*-1;;;2*+2/p+1/t18-,21?,22?,26?;;;;;;;;;;/m1........../s1. The van der Waals surface area contributed by atoms with Crippen molar-refractivity contribution in [1.82, 2.24) is 0 Å². The van der Waals surface area contributed by atoms with E-state index in [1.54, 1.807) is 0 Å². The van der Waals surface area contributed by atoms with Gasteiger partial charge in [-0.2, -0.15) is 0 Å². The van der Waals surface area contributed by atoms with Crippen molar-refractivity contribution in [2.75, 3.05) is 0 Å². The maximum atomic E-state index is 11.1. The number of halogens is 4. The fraction of sp³-hybridized carbons (Fsp3) is 0.487. The van der Waals surface area contributed by atoms with E-state index in [-0.39, 0.29) is 76.1 Å². The summed E-state index contributed by atoms with van der Waals surface area (Å²) in [5.41, 5.74) is 1.16. The van der Waals surface area contributed by atoms with Gasteiger partial charge < -0.3 is 34.4 Å². The third kappa shape index (κ3) is 19.9. The first-order valence-corrected chi connectivity index (χ1v) is 19.0. The molecule has 2 saturated carbocycles. The summed E-state index contributed by atoms with van der Waals surface area (Å²) in [4.78, 5) is 11.1. The molecule has 0 aliphatic heterocycles. The van der Waals surface area contributed by atoms with Crippen molar-refractivity contribution in [2.24, 2.45) is 17.8 Å². The zero-order valence-corrected chi connectivity index (χ0v) is 35.8. The first kappa shape index (κ1) is 58.0. The van der Waals surface area contributed by atoms with Gasteiger partial charge >= 0.3 is 44.1 Å². The van der Waals surface area contributed by atoms with Crippen LogP contribution in [0.5, 0.6) is 0 Å². The molecule has 6 rings (SSSR count). The molecule has 1 radical (unpaired) electrons. The minimum absolute atomic E-state index is 0. The molecule has 1 N–H and O–H groups in total. The van der Waals surface area contributed by atoms with Gasteiger partial charge in [0.15, 0.2) is 0 Å². The number of fused-ring (bicyclic) bond motifs is 2. The van der Waals surface area contributed by atoms with Gasteiger partial charge in [0.1, 0.15) is 13.8 Å². The second kappa shape index (κ2) is 30.2. The number of benzene rings is 2. The predicted molar refractivity (Wildman–Crippen MR) is 209 cm³/mol. The van der Waals surface area contributed by atoms with Crippen LogP contribution in [0.3, 0.4) is 0 Å². The van der Waals surface area contributed by atoms with Crippen LogP contribution in [0.2, 0.25) is 0 Å². The van der Waals surface area contributed by atoms with Gasteiger partial charge in [-0.1, -0.05) is 92.8 Å². The van der Waals surface area contributed by atoms with E-state index in [1.807, 2.05) is 0 Å². The van der Waals surface area contributed by atoms with Crippen molar-refractivity contribution in [2.45, 2.75) is 102 Å². The average molecular weight is 856 g/mol. The van der Waals surface area contributed by atoms with Gasteiger partial charge in [-0.3, -0.25) is 17.8 Å². The SMILES string of the molecule is C1=CC2C=CC1C2.C1CCCC1.C[C@H](C1CCCC1[PH+](O)C(C)(C)C)[PH+](c1ccccc1)c1ccccc1.FB(F)F.[CH3-].[CH3-].[CH3-].[CH3-].[F-].[Fe+2].[Rh+2]. The van der Waals surface area contributed by atoms with Gasteiger partial charge in [-0.25, -0.2) is 0 Å². The molecule has 0 spiro atoms. The minimum atomic E-state index is -3.67. The van der Waals surface area contributed by atoms with Gasteiger partial charge in [0.2, 0.25) is 0 Å². The van der Waals surface area contributed by atoms with Crippen molar-refractivity contribution in [3.05, 3.63) is 115 Å². The number of rotatable bonds is 5. The van der Waals surface area contributed by atoms with Crippen molar-refractivity contribution in [3.8, 4) is 0 Å². The summed E-state index contributed by atoms with van der Waals surface area (Å²) in [7, 11) is -5.89. The Kier molecular flexibility index (Phi) is 35.7. The van der Waals surface area contributed by atoms with E-state index in [1.165, 1.54) is 68.4 Å². The second-order valence-corrected chi connectivity index (χ2v) is 19.0. The van der Waals surface area contributed by atoms with Crippen LogP contribution in [-0.4, -0.2) is 28.9 Å². The molecule has 1 nitrogen and oxygen atoms in total. The van der Waals surface area contributed by atoms with E-state index in [4.69, 9.17) is 0 Å². The fourth-order valence-electron chi connectivity index (χ4n) is 6.84. The smallest absolute Gasteiger partial charge is 1.00 e. The molecule has 3 unspecified atom stereocenters. The van der Waals surface area contributed by atoms with Crippen LogP contribution in [0.25, 0.3) is 0 Å². The van der Waals surface area contributed by atoms with Crippen molar-refractivity contribution in [3.63, 3.8) is 0 Å². The van der Waals surface area contributed by atoms with Crippen LogP contribution in [0.4, 0.5) is 12.9 Å². The molecule has 2 fully saturated rings. The third-order valence-electron chi connectivity index (χ3n) is 8.96. The van der Waals surface area contributed by atoms with Gasteiger partial charge in [0, 0.05) is 5.92 Å². The molecule has 0 saturated heterocycles. The maximum Gasteiger partial charge on any atom is 2.00 e. The molecule has 0 amide bonds. The third-order valence-corrected chi connectivity index (χ3v) is 15.2. The van der Waals surface area contributed by atoms with E-state index in [0.717, 1.165) is 11.8 Å². The summed E-state index contributed by atoms with van der Waals surface area (Å²) < 4.78 is 29.0. The van der Waals surface area contributed by atoms with Crippen LogP contribution in [0.15, 0.2) is 85.0 Å². The van der Waals surface area contributed by atoms with E-state index < -0.39 is 23.6 Å². The number of allylic oxidation sites excluding steroid dienone is 4. The summed E-state index contributed by atoms with van der Waals surface area (Å²) in [6.45, 7) is 9.14. The Hall–Kier alpha value is -0.332. The molecule has 2 aromatic carbocycles. The molecule has 49 heavy (non-hydrogen) atoms. The van der Waals surface area contributed by atoms with Gasteiger partial charge in [0.25, 0.3) is 0 Å². The van der Waals surface area contributed by atoms with Crippen LogP contribution < -0.4 is 15.3 Å². The molecule has 0 aromatic heterocycles. The molecule has 4 atom stereocenters. The van der Waals surface area contributed by atoms with Crippen LogP contribution in [-0.2, 0) is 36.5 Å². The Bertz CT molecular complexity index is 1010. The first-order chi connectivity index (χ1) is 20.1. The largest absolute Gasteiger partial charge is 2.00 e. The van der Waals surface area contributed by atoms with Gasteiger partial charge in [-0.15, -0.1) is 0 Å². The van der Waals surface area contributed by atoms with Crippen molar-refractivity contribution in [1.29, 1.82) is 0 Å². The summed E-state index contributed by atoms with van der Waals surface area (Å²) in [5.74, 6) is 2.28. The van der Waals surface area contributed by atoms with Crippen LogP contribution in [0.1, 0.15) is 85.5 Å². The van der Waals surface area contributed by atoms with E-state index in [2.05, 4.69) is 113 Å². The average Bonchev–Trinajstić information content (AvgIpc) is 3.81. The summed E-state index contributed by atoms with van der Waals surface area (Å²) in [6.07, 6.45) is 21.8. The summed E-state index contributed by atoms with van der Waals surface area (Å²) in [5, 5.41) is 3.07. The van der Waals surface area contributed by atoms with E-state index in [9.17, 15) is 17.8 Å². The van der Waals surface area contributed by atoms with E-state index >= 15 is 0 Å². The second-order valence-electron chi connectivity index (χ2n) is 13.1. The molecular weight excluding hydrogens is 792 g/mol. The fourth-order valence-corrected chi connectivity index (χ4v) is 12.8. The topological polar surface area (TPSA) is 20.2 Å². The summed E-state index contributed by atoms with van der Waals surface area (Å²) in [6, 6.07) is 22.2. The Morgan fingerprint density at radius 1 is 0.694 bits per heavy atom. The maximum absolute atomic E-state index is 11.1. The minimum Gasteiger partial charge on any atom is -1.00 e. The zero-order valence-electron chi connectivity index (χ0n) is 31.1. The van der Waals surface area contributed by atoms with Crippen LogP contribution in [0, 0.1) is 47.5 Å². The van der Waals surface area contributed by atoms with Crippen molar-refractivity contribution < 1.29 is 59.1 Å². The molecule has 10 heteroatoms. The number of hydrogen-bond acceptors (Lipinski definition) is 1. The van der Waals surface area contributed by atoms with Gasteiger partial charge in [-0.05, 0) is 89.5 Å². The molecule has 4 aliphatic carbocycles. The van der Waals surface area contributed by atoms with Crippen LogP contribution >= 0.6 is 16.1 Å². The number of hydrogen-bond donors (Lipinski definition) is 1. The Morgan fingerprint density at radius 3 is 1.33 bits per heavy atom. The van der Waals surface area contributed by atoms with Crippen molar-refractivity contribution >= 4 is 34.2 Å². The zero-order chi connectivity index (χ0) is 30.5. The predicted octanol–water partition coefficient (Wildman–Crippen LogP) is 8.71. The molecule has 2 aromatic rings. The quantitative estimate of drug-likeness (QED) is 0.105. The Morgan fingerprint density at radius 2 is 1.04 bits per heavy atom. The first-order valence-electron chi connectivity index (χ1n) is 15.9. The normalized spacial score (nSPS) is 21.5. The molecule has 283 valence electrons. The molecular formula is C39H64BF4FeOP2Rh+. The monoisotopic (exact) mass is 856 g/mol.